The molecule has 2 rings (SSSR count). The average Bonchev–Trinajstić information content (AvgIpc) is 2.86. The molecule has 0 saturated carbocycles. The minimum absolute atomic E-state index is 0.164. The SMILES string of the molecule is CCC(CC)C/C(=C\c1ccc(OCc2ccccc2)cc1)C(=O)N(CNC)/N=C\CC=O. The molecule has 0 aromatic heterocycles. The first-order valence-corrected chi connectivity index (χ1v) is 11.5. The lowest BCUT2D eigenvalue weighted by Gasteiger charge is -2.21. The third kappa shape index (κ3) is 9.02. The summed E-state index contributed by atoms with van der Waals surface area (Å²) in [5, 5.41) is 8.54. The van der Waals surface area contributed by atoms with Crippen molar-refractivity contribution in [1.82, 2.24) is 10.3 Å². The first-order valence-electron chi connectivity index (χ1n) is 11.5. The average molecular weight is 450 g/mol. The molecule has 0 saturated heterocycles. The molecule has 0 heterocycles. The van der Waals surface area contributed by atoms with E-state index in [1.165, 1.54) is 11.2 Å². The fourth-order valence-electron chi connectivity index (χ4n) is 3.37. The zero-order chi connectivity index (χ0) is 23.9. The van der Waals surface area contributed by atoms with E-state index in [0.29, 0.717) is 24.5 Å². The van der Waals surface area contributed by atoms with Crippen molar-refractivity contribution in [2.45, 2.75) is 46.1 Å². The second-order valence-electron chi connectivity index (χ2n) is 7.82. The number of aldehydes is 1. The molecule has 0 bridgehead atoms. The number of nitrogens with one attached hydrogen (secondary N) is 1. The molecule has 0 atom stereocenters. The summed E-state index contributed by atoms with van der Waals surface area (Å²) < 4.78 is 5.87. The van der Waals surface area contributed by atoms with Crippen LogP contribution in [0.2, 0.25) is 0 Å². The van der Waals surface area contributed by atoms with Gasteiger partial charge in [0.15, 0.2) is 0 Å². The number of rotatable bonds is 14. The van der Waals surface area contributed by atoms with Crippen molar-refractivity contribution in [2.24, 2.45) is 11.0 Å². The second kappa shape index (κ2) is 14.7. The molecular weight excluding hydrogens is 414 g/mol. The highest BCUT2D eigenvalue weighted by atomic mass is 16.5. The van der Waals surface area contributed by atoms with Gasteiger partial charge in [-0.3, -0.25) is 4.79 Å². The van der Waals surface area contributed by atoms with Crippen LogP contribution in [-0.2, 0) is 16.2 Å². The van der Waals surface area contributed by atoms with Crippen molar-refractivity contribution in [3.63, 3.8) is 0 Å². The fourth-order valence-corrected chi connectivity index (χ4v) is 3.37. The summed E-state index contributed by atoms with van der Waals surface area (Å²) in [5.41, 5.74) is 2.73. The number of carbonyl (C=O) groups excluding carboxylic acids is 2. The maximum absolute atomic E-state index is 13.3. The molecular formula is C27H35N3O3. The minimum Gasteiger partial charge on any atom is -0.489 e. The highest BCUT2D eigenvalue weighted by Crippen LogP contribution is 2.24. The van der Waals surface area contributed by atoms with Gasteiger partial charge >= 0.3 is 0 Å². The van der Waals surface area contributed by atoms with Crippen molar-refractivity contribution >= 4 is 24.5 Å². The Morgan fingerprint density at radius 2 is 1.79 bits per heavy atom. The molecule has 2 aromatic rings. The van der Waals surface area contributed by atoms with Gasteiger partial charge in [0.25, 0.3) is 5.91 Å². The lowest BCUT2D eigenvalue weighted by Crippen LogP contribution is -2.35. The Labute approximate surface area is 197 Å². The third-order valence-corrected chi connectivity index (χ3v) is 5.37. The lowest BCUT2D eigenvalue weighted by molar-refractivity contribution is -0.127. The highest BCUT2D eigenvalue weighted by Gasteiger charge is 2.20. The predicted octanol–water partition coefficient (Wildman–Crippen LogP) is 5.06. The normalized spacial score (nSPS) is 11.7. The van der Waals surface area contributed by atoms with E-state index in [4.69, 9.17) is 4.74 Å². The van der Waals surface area contributed by atoms with Crippen LogP contribution in [0.3, 0.4) is 0 Å². The minimum atomic E-state index is -0.164. The summed E-state index contributed by atoms with van der Waals surface area (Å²) in [4.78, 5) is 24.0. The van der Waals surface area contributed by atoms with Crippen molar-refractivity contribution in [2.75, 3.05) is 13.7 Å². The van der Waals surface area contributed by atoms with Gasteiger partial charge in [0.1, 0.15) is 18.6 Å². The van der Waals surface area contributed by atoms with Crippen molar-refractivity contribution in [3.8, 4) is 5.75 Å². The molecule has 0 radical (unpaired) electrons. The summed E-state index contributed by atoms with van der Waals surface area (Å²) in [7, 11) is 1.76. The number of hydrogen-bond donors (Lipinski definition) is 1. The maximum atomic E-state index is 13.3. The van der Waals surface area contributed by atoms with Crippen LogP contribution in [0.1, 0.15) is 50.7 Å². The molecule has 6 heteroatoms. The number of hydrogen-bond acceptors (Lipinski definition) is 5. The molecule has 1 amide bonds. The molecule has 176 valence electrons. The molecule has 0 unspecified atom stereocenters. The number of hydrazone groups is 1. The first-order chi connectivity index (χ1) is 16.1. The zero-order valence-corrected chi connectivity index (χ0v) is 19.9. The standard InChI is InChI=1S/C27H35N3O3/c1-4-22(5-2)18-25(27(32)30(21-28-3)29-16-9-17-31)19-23-12-14-26(15-13-23)33-20-24-10-7-6-8-11-24/h6-8,10-17,19,22,28H,4-5,9,18,20-21H2,1-3H3/b25-19+,29-16-. The van der Waals surface area contributed by atoms with E-state index in [1.54, 1.807) is 7.05 Å². The van der Waals surface area contributed by atoms with E-state index in [0.717, 1.165) is 36.0 Å². The van der Waals surface area contributed by atoms with Crippen LogP contribution in [-0.4, -0.2) is 37.1 Å². The van der Waals surface area contributed by atoms with Crippen LogP contribution in [0.4, 0.5) is 0 Å². The number of nitrogens with zero attached hydrogens (tertiary/aromatic N) is 2. The van der Waals surface area contributed by atoms with E-state index in [1.807, 2.05) is 60.7 Å². The molecule has 1 N–H and O–H groups in total. The van der Waals surface area contributed by atoms with Crippen molar-refractivity contribution < 1.29 is 14.3 Å². The third-order valence-electron chi connectivity index (χ3n) is 5.37. The number of ether oxygens (including phenoxy) is 1. The van der Waals surface area contributed by atoms with E-state index >= 15 is 0 Å². The molecule has 6 nitrogen and oxygen atoms in total. The topological polar surface area (TPSA) is 71.0 Å². The van der Waals surface area contributed by atoms with E-state index in [2.05, 4.69) is 24.3 Å². The number of carbonyl (C=O) groups is 2. The Hall–Kier alpha value is -3.25. The largest absolute Gasteiger partial charge is 0.489 e. The number of benzene rings is 2. The van der Waals surface area contributed by atoms with Gasteiger partial charge in [-0.15, -0.1) is 0 Å². The number of amides is 1. The van der Waals surface area contributed by atoms with Gasteiger partial charge in [0.05, 0.1) is 6.67 Å². The van der Waals surface area contributed by atoms with E-state index in [-0.39, 0.29) is 19.0 Å². The Kier molecular flexibility index (Phi) is 11.6. The maximum Gasteiger partial charge on any atom is 0.271 e. The predicted molar refractivity (Wildman–Crippen MR) is 134 cm³/mol. The van der Waals surface area contributed by atoms with Gasteiger partial charge in [-0.1, -0.05) is 69.2 Å². The van der Waals surface area contributed by atoms with Crippen LogP contribution in [0.5, 0.6) is 5.75 Å². The van der Waals surface area contributed by atoms with Crippen molar-refractivity contribution in [3.05, 3.63) is 71.3 Å². The smallest absolute Gasteiger partial charge is 0.271 e. The molecule has 0 aliphatic rings. The summed E-state index contributed by atoms with van der Waals surface area (Å²) >= 11 is 0. The molecule has 2 aromatic carbocycles. The van der Waals surface area contributed by atoms with Gasteiger partial charge in [-0.25, -0.2) is 5.01 Å². The second-order valence-corrected chi connectivity index (χ2v) is 7.82. The zero-order valence-electron chi connectivity index (χ0n) is 19.9. The summed E-state index contributed by atoms with van der Waals surface area (Å²) in [5.74, 6) is 1.02. The van der Waals surface area contributed by atoms with Gasteiger partial charge in [-0.2, -0.15) is 5.10 Å². The van der Waals surface area contributed by atoms with Crippen LogP contribution in [0.15, 0.2) is 65.3 Å². The van der Waals surface area contributed by atoms with Crippen LogP contribution < -0.4 is 10.1 Å². The summed E-state index contributed by atoms with van der Waals surface area (Å²) in [6, 6.07) is 17.8. The van der Waals surface area contributed by atoms with Gasteiger partial charge in [-0.05, 0) is 48.7 Å². The van der Waals surface area contributed by atoms with E-state index in [9.17, 15) is 9.59 Å². The van der Waals surface area contributed by atoms with Crippen LogP contribution >= 0.6 is 0 Å². The summed E-state index contributed by atoms with van der Waals surface area (Å²) in [6.07, 6.45) is 6.97. The Morgan fingerprint density at radius 1 is 1.09 bits per heavy atom. The quantitative estimate of drug-likeness (QED) is 0.144. The Balaban J connectivity index is 2.21. The molecule has 0 aliphatic heterocycles. The summed E-state index contributed by atoms with van der Waals surface area (Å²) in [6.45, 7) is 5.05. The highest BCUT2D eigenvalue weighted by molar-refractivity contribution is 5.98. The van der Waals surface area contributed by atoms with Gasteiger partial charge < -0.3 is 14.8 Å². The van der Waals surface area contributed by atoms with E-state index < -0.39 is 0 Å². The lowest BCUT2D eigenvalue weighted by atomic mass is 9.93. The first kappa shape index (κ1) is 26.0. The van der Waals surface area contributed by atoms with Crippen LogP contribution in [0.25, 0.3) is 6.08 Å². The van der Waals surface area contributed by atoms with Crippen LogP contribution in [0, 0.1) is 5.92 Å². The fraction of sp³-hybridized carbons (Fsp3) is 0.370. The van der Waals surface area contributed by atoms with Gasteiger partial charge in [0.2, 0.25) is 0 Å². The molecule has 33 heavy (non-hydrogen) atoms. The van der Waals surface area contributed by atoms with Crippen molar-refractivity contribution in [1.29, 1.82) is 0 Å². The van der Waals surface area contributed by atoms with Gasteiger partial charge in [0, 0.05) is 18.2 Å². The monoisotopic (exact) mass is 449 g/mol. The molecule has 0 fully saturated rings. The Morgan fingerprint density at radius 3 is 2.39 bits per heavy atom. The Bertz CT molecular complexity index is 904. The molecule has 0 aliphatic carbocycles. The molecule has 0 spiro atoms.